The average molecular weight is 491 g/mol. The molecule has 0 saturated carbocycles. The van der Waals surface area contributed by atoms with Crippen LogP contribution in [0.1, 0.15) is 34.1 Å². The molecule has 0 aliphatic heterocycles. The van der Waals surface area contributed by atoms with Crippen molar-refractivity contribution in [1.29, 1.82) is 0 Å². The Balaban J connectivity index is 0. The lowest BCUT2D eigenvalue weighted by Crippen LogP contribution is -2.45. The molecule has 0 aromatic heterocycles. The third kappa shape index (κ3) is 11.6. The van der Waals surface area contributed by atoms with E-state index in [4.69, 9.17) is 0 Å². The largest absolute Gasteiger partial charge is 0.357 e. The Morgan fingerprint density at radius 1 is 1.12 bits per heavy atom. The molecule has 0 aromatic carbocycles. The topological polar surface area (TPSA) is 94.1 Å². The van der Waals surface area contributed by atoms with E-state index in [2.05, 4.69) is 15.0 Å². The third-order valence-electron chi connectivity index (χ3n) is 3.48. The van der Waals surface area contributed by atoms with Crippen molar-refractivity contribution >= 4 is 45.9 Å². The fourth-order valence-electron chi connectivity index (χ4n) is 2.02. The van der Waals surface area contributed by atoms with Gasteiger partial charge in [0.05, 0.1) is 12.3 Å². The highest BCUT2D eigenvalue weighted by atomic mass is 127. The van der Waals surface area contributed by atoms with Crippen LogP contribution in [0, 0.1) is 0 Å². The first kappa shape index (κ1) is 26.6. The first-order valence-electron chi connectivity index (χ1n) is 8.55. The van der Waals surface area contributed by atoms with Crippen LogP contribution in [0.2, 0.25) is 0 Å². The molecule has 2 N–H and O–H groups in total. The number of rotatable bonds is 11. The van der Waals surface area contributed by atoms with Crippen molar-refractivity contribution in [3.05, 3.63) is 0 Å². The zero-order valence-electron chi connectivity index (χ0n) is 16.0. The van der Waals surface area contributed by atoms with Gasteiger partial charge in [0, 0.05) is 39.8 Å². The highest BCUT2D eigenvalue weighted by Gasteiger charge is 2.14. The Labute approximate surface area is 169 Å². The van der Waals surface area contributed by atoms with E-state index in [1.54, 1.807) is 16.7 Å². The first-order chi connectivity index (χ1) is 11.3. The lowest BCUT2D eigenvalue weighted by molar-refractivity contribution is -0.131. The molecule has 0 rings (SSSR count). The van der Waals surface area contributed by atoms with E-state index in [1.807, 2.05) is 27.8 Å². The number of nitrogens with zero attached hydrogens (tertiary/aromatic N) is 3. The summed E-state index contributed by atoms with van der Waals surface area (Å²) in [6, 6.07) is 0. The minimum absolute atomic E-state index is 0. The summed E-state index contributed by atoms with van der Waals surface area (Å²) in [5, 5.41) is 3.15. The van der Waals surface area contributed by atoms with Crippen molar-refractivity contribution in [3.63, 3.8) is 0 Å². The van der Waals surface area contributed by atoms with Crippen molar-refractivity contribution in [1.82, 2.24) is 19.8 Å². The van der Waals surface area contributed by atoms with Gasteiger partial charge in [-0.15, -0.1) is 24.0 Å². The van der Waals surface area contributed by atoms with Crippen molar-refractivity contribution in [2.45, 2.75) is 34.1 Å². The maximum Gasteiger partial charge on any atom is 0.242 e. The van der Waals surface area contributed by atoms with Gasteiger partial charge in [-0.05, 0) is 34.1 Å². The van der Waals surface area contributed by atoms with Crippen LogP contribution in [0.25, 0.3) is 0 Å². The second-order valence-corrected chi connectivity index (χ2v) is 7.40. The van der Waals surface area contributed by atoms with Crippen molar-refractivity contribution in [2.24, 2.45) is 4.99 Å². The standard InChI is InChI=1S/C15H33N5O3S.HI/c1-6-16-15(17-11-10-12-18-24(22,23)9-4)19(5)13-14(21)20(7-2)8-3;/h18H,6-13H2,1-5H3,(H,16,17);1H. The van der Waals surface area contributed by atoms with Crippen molar-refractivity contribution < 1.29 is 13.2 Å². The molecule has 0 heterocycles. The molecular formula is C15H34IN5O3S. The number of hydrogen-bond acceptors (Lipinski definition) is 4. The smallest absolute Gasteiger partial charge is 0.242 e. The van der Waals surface area contributed by atoms with Gasteiger partial charge in [-0.25, -0.2) is 13.1 Å². The van der Waals surface area contributed by atoms with E-state index in [0.717, 1.165) is 0 Å². The van der Waals surface area contributed by atoms with Crippen LogP contribution >= 0.6 is 24.0 Å². The summed E-state index contributed by atoms with van der Waals surface area (Å²) in [7, 11) is -1.33. The zero-order valence-corrected chi connectivity index (χ0v) is 19.2. The van der Waals surface area contributed by atoms with Crippen LogP contribution < -0.4 is 10.0 Å². The summed E-state index contributed by atoms with van der Waals surface area (Å²) >= 11 is 0. The number of carbonyl (C=O) groups is 1. The second kappa shape index (κ2) is 14.5. The third-order valence-corrected chi connectivity index (χ3v) is 4.89. The summed E-state index contributed by atoms with van der Waals surface area (Å²) < 4.78 is 25.2. The van der Waals surface area contributed by atoms with Gasteiger partial charge in [0.25, 0.3) is 0 Å². The maximum absolute atomic E-state index is 12.2. The van der Waals surface area contributed by atoms with Gasteiger partial charge in [0.2, 0.25) is 15.9 Å². The van der Waals surface area contributed by atoms with Crippen molar-refractivity contribution in [2.75, 3.05) is 52.1 Å². The van der Waals surface area contributed by atoms with E-state index in [9.17, 15) is 13.2 Å². The number of amides is 1. The predicted octanol–water partition coefficient (Wildman–Crippen LogP) is 0.700. The van der Waals surface area contributed by atoms with Gasteiger partial charge in [-0.3, -0.25) is 9.79 Å². The molecule has 0 aromatic rings. The summed E-state index contributed by atoms with van der Waals surface area (Å²) in [5.74, 6) is 0.787. The molecule has 0 unspecified atom stereocenters. The SMILES string of the molecule is CCNC(=NCCCNS(=O)(=O)CC)N(C)CC(=O)N(CC)CC.I. The van der Waals surface area contributed by atoms with Crippen LogP contribution in [-0.2, 0) is 14.8 Å². The van der Waals surface area contributed by atoms with Gasteiger partial charge in [-0.1, -0.05) is 0 Å². The van der Waals surface area contributed by atoms with Crippen LogP contribution in [0.3, 0.4) is 0 Å². The highest BCUT2D eigenvalue weighted by Crippen LogP contribution is 1.94. The first-order valence-corrected chi connectivity index (χ1v) is 10.2. The molecule has 0 saturated heterocycles. The van der Waals surface area contributed by atoms with Gasteiger partial charge < -0.3 is 15.1 Å². The molecule has 0 aliphatic rings. The number of nitrogens with one attached hydrogen (secondary N) is 2. The quantitative estimate of drug-likeness (QED) is 0.192. The predicted molar refractivity (Wildman–Crippen MR) is 114 cm³/mol. The highest BCUT2D eigenvalue weighted by molar-refractivity contribution is 14.0. The number of sulfonamides is 1. The lowest BCUT2D eigenvalue weighted by atomic mass is 10.4. The molecule has 0 radical (unpaired) electrons. The summed E-state index contributed by atoms with van der Waals surface area (Å²) in [6.07, 6.45) is 0.603. The zero-order chi connectivity index (χ0) is 18.6. The minimum atomic E-state index is -3.15. The van der Waals surface area contributed by atoms with Gasteiger partial charge in [0.1, 0.15) is 0 Å². The number of guanidine groups is 1. The molecule has 0 fully saturated rings. The van der Waals surface area contributed by atoms with Crippen LogP contribution in [0.4, 0.5) is 0 Å². The van der Waals surface area contributed by atoms with E-state index >= 15 is 0 Å². The minimum Gasteiger partial charge on any atom is -0.357 e. The van der Waals surface area contributed by atoms with Crippen LogP contribution in [0.15, 0.2) is 4.99 Å². The molecule has 8 nitrogen and oxygen atoms in total. The van der Waals surface area contributed by atoms with Gasteiger partial charge >= 0.3 is 0 Å². The molecule has 0 bridgehead atoms. The van der Waals surface area contributed by atoms with E-state index in [-0.39, 0.29) is 42.2 Å². The number of hydrogen-bond donors (Lipinski definition) is 2. The monoisotopic (exact) mass is 491 g/mol. The van der Waals surface area contributed by atoms with Crippen LogP contribution in [-0.4, -0.2) is 82.2 Å². The molecule has 0 atom stereocenters. The average Bonchev–Trinajstić information content (AvgIpc) is 2.54. The Hall–Kier alpha value is -0.620. The van der Waals surface area contributed by atoms with Crippen LogP contribution in [0.5, 0.6) is 0 Å². The Kier molecular flexibility index (Phi) is 15.5. The fraction of sp³-hybridized carbons (Fsp3) is 0.867. The number of likely N-dealkylation sites (N-methyl/N-ethyl adjacent to an activating group) is 2. The van der Waals surface area contributed by atoms with E-state index < -0.39 is 10.0 Å². The normalized spacial score (nSPS) is 11.6. The van der Waals surface area contributed by atoms with Gasteiger partial charge in [0.15, 0.2) is 5.96 Å². The van der Waals surface area contributed by atoms with E-state index in [1.165, 1.54) is 0 Å². The molecule has 10 heteroatoms. The lowest BCUT2D eigenvalue weighted by Gasteiger charge is -2.25. The number of carbonyl (C=O) groups excluding carboxylic acids is 1. The number of halogens is 1. The second-order valence-electron chi connectivity index (χ2n) is 5.31. The molecule has 150 valence electrons. The summed E-state index contributed by atoms with van der Waals surface area (Å²) in [6.45, 7) is 10.7. The molecular weight excluding hydrogens is 457 g/mol. The van der Waals surface area contributed by atoms with Gasteiger partial charge in [-0.2, -0.15) is 0 Å². The van der Waals surface area contributed by atoms with E-state index in [0.29, 0.717) is 45.1 Å². The van der Waals surface area contributed by atoms with Crippen molar-refractivity contribution in [3.8, 4) is 0 Å². The molecule has 0 spiro atoms. The number of aliphatic imine (C=N–C) groups is 1. The summed E-state index contributed by atoms with van der Waals surface area (Å²) in [4.78, 5) is 20.2. The maximum atomic E-state index is 12.2. The molecule has 0 aliphatic carbocycles. The fourth-order valence-corrected chi connectivity index (χ4v) is 2.68. The Morgan fingerprint density at radius 2 is 1.72 bits per heavy atom. The Bertz CT molecular complexity index is 495. The molecule has 25 heavy (non-hydrogen) atoms. The molecule has 1 amide bonds. The Morgan fingerprint density at radius 3 is 2.20 bits per heavy atom. The summed E-state index contributed by atoms with van der Waals surface area (Å²) in [5.41, 5.74) is 0.